The van der Waals surface area contributed by atoms with Gasteiger partial charge < -0.3 is 36.3 Å². The zero-order chi connectivity index (χ0) is 22.5. The maximum atomic E-state index is 14.6. The summed E-state index contributed by atoms with van der Waals surface area (Å²) in [5.74, 6) is -0.458. The van der Waals surface area contributed by atoms with Gasteiger partial charge in [-0.05, 0) is 23.8 Å². The molecule has 0 saturated heterocycles. The standard InChI is InChI=1S/C21H30FN5O4/c22-19-12-17(25-13-18(28)14-26-30)6-7-20(19)27(10-8-23)11-9-24-21(29)31-15-16-4-2-1-3-5-16/h1-7,12,18,25-26,28,30H,8-11,13-15,23H2,(H,24,29)/t18-/m1/s1. The molecular weight excluding hydrogens is 405 g/mol. The van der Waals surface area contributed by atoms with Crippen molar-refractivity contribution in [3.8, 4) is 0 Å². The van der Waals surface area contributed by atoms with Crippen LogP contribution in [0.5, 0.6) is 0 Å². The van der Waals surface area contributed by atoms with Crippen molar-refractivity contribution in [1.82, 2.24) is 10.8 Å². The lowest BCUT2D eigenvalue weighted by Gasteiger charge is -2.25. The Balaban J connectivity index is 1.84. The molecule has 0 aliphatic carbocycles. The van der Waals surface area contributed by atoms with Gasteiger partial charge in [-0.3, -0.25) is 0 Å². The Bertz CT molecular complexity index is 797. The van der Waals surface area contributed by atoms with Gasteiger partial charge in [-0.25, -0.2) is 14.7 Å². The number of alkyl carbamates (subject to hydrolysis) is 1. The molecule has 0 fully saturated rings. The third-order valence-corrected chi connectivity index (χ3v) is 4.42. The number of ether oxygens (including phenoxy) is 1. The third kappa shape index (κ3) is 8.77. The summed E-state index contributed by atoms with van der Waals surface area (Å²) in [6.07, 6.45) is -1.37. The highest BCUT2D eigenvalue weighted by molar-refractivity contribution is 5.67. The highest BCUT2D eigenvalue weighted by atomic mass is 19.1. The lowest BCUT2D eigenvalue weighted by molar-refractivity contribution is 0.0984. The van der Waals surface area contributed by atoms with Crippen molar-refractivity contribution in [2.24, 2.45) is 5.73 Å². The molecule has 2 aromatic rings. The average Bonchev–Trinajstić information content (AvgIpc) is 2.77. The third-order valence-electron chi connectivity index (χ3n) is 4.42. The van der Waals surface area contributed by atoms with E-state index in [1.165, 1.54) is 6.07 Å². The Labute approximate surface area is 181 Å². The Morgan fingerprint density at radius 2 is 1.94 bits per heavy atom. The minimum absolute atomic E-state index is 0.00136. The normalized spacial score (nSPS) is 11.6. The van der Waals surface area contributed by atoms with E-state index in [-0.39, 0.29) is 26.2 Å². The minimum atomic E-state index is -0.825. The number of nitrogens with two attached hydrogens (primary N) is 1. The Hall–Kier alpha value is -2.92. The van der Waals surface area contributed by atoms with Crippen LogP contribution in [0.15, 0.2) is 48.5 Å². The molecule has 0 spiro atoms. The van der Waals surface area contributed by atoms with Crippen LogP contribution in [0.4, 0.5) is 20.6 Å². The summed E-state index contributed by atoms with van der Waals surface area (Å²) >= 11 is 0. The van der Waals surface area contributed by atoms with Crippen LogP contribution in [0.2, 0.25) is 0 Å². The molecule has 1 atom stereocenters. The molecule has 31 heavy (non-hydrogen) atoms. The van der Waals surface area contributed by atoms with Gasteiger partial charge in [0.25, 0.3) is 0 Å². The largest absolute Gasteiger partial charge is 0.445 e. The molecule has 10 heteroatoms. The van der Waals surface area contributed by atoms with Crippen LogP contribution in [0, 0.1) is 5.82 Å². The van der Waals surface area contributed by atoms with E-state index >= 15 is 0 Å². The number of aliphatic hydroxyl groups excluding tert-OH is 1. The monoisotopic (exact) mass is 435 g/mol. The second-order valence-electron chi connectivity index (χ2n) is 6.83. The predicted octanol–water partition coefficient (Wildman–Crippen LogP) is 1.27. The zero-order valence-corrected chi connectivity index (χ0v) is 17.3. The van der Waals surface area contributed by atoms with Crippen LogP contribution >= 0.6 is 0 Å². The molecule has 0 radical (unpaired) electrons. The number of halogens is 1. The Morgan fingerprint density at radius 3 is 2.61 bits per heavy atom. The molecule has 0 aromatic heterocycles. The van der Waals surface area contributed by atoms with Gasteiger partial charge >= 0.3 is 6.09 Å². The van der Waals surface area contributed by atoms with Gasteiger partial charge in [0.15, 0.2) is 0 Å². The van der Waals surface area contributed by atoms with Crippen molar-refractivity contribution >= 4 is 17.5 Å². The number of benzene rings is 2. The Kier molecular flexibility index (Phi) is 10.5. The van der Waals surface area contributed by atoms with E-state index in [1.54, 1.807) is 17.0 Å². The number of aliphatic hydroxyl groups is 1. The first-order chi connectivity index (χ1) is 15.0. The highest BCUT2D eigenvalue weighted by Crippen LogP contribution is 2.22. The number of hydrogen-bond donors (Lipinski definition) is 6. The van der Waals surface area contributed by atoms with Crippen LogP contribution in [0.3, 0.4) is 0 Å². The average molecular weight is 436 g/mol. The molecule has 9 nitrogen and oxygen atoms in total. The number of nitrogens with zero attached hydrogens (tertiary/aromatic N) is 1. The van der Waals surface area contributed by atoms with Gasteiger partial charge in [0.1, 0.15) is 12.4 Å². The van der Waals surface area contributed by atoms with Gasteiger partial charge in [0.2, 0.25) is 0 Å². The maximum absolute atomic E-state index is 14.6. The molecule has 2 aromatic carbocycles. The zero-order valence-electron chi connectivity index (χ0n) is 17.3. The number of rotatable bonds is 13. The summed E-state index contributed by atoms with van der Waals surface area (Å²) in [6.45, 7) is 1.65. The van der Waals surface area contributed by atoms with E-state index in [0.717, 1.165) is 5.56 Å². The van der Waals surface area contributed by atoms with Gasteiger partial charge in [-0.2, -0.15) is 0 Å². The van der Waals surface area contributed by atoms with Crippen LogP contribution in [0.25, 0.3) is 0 Å². The van der Waals surface area contributed by atoms with Crippen molar-refractivity contribution in [2.75, 3.05) is 49.5 Å². The molecule has 2 rings (SSSR count). The summed E-state index contributed by atoms with van der Waals surface area (Å²) in [5.41, 5.74) is 9.27. The van der Waals surface area contributed by atoms with Crippen LogP contribution in [-0.4, -0.2) is 61.8 Å². The first-order valence-electron chi connectivity index (χ1n) is 10.0. The highest BCUT2D eigenvalue weighted by Gasteiger charge is 2.13. The Morgan fingerprint density at radius 1 is 1.16 bits per heavy atom. The lowest BCUT2D eigenvalue weighted by atomic mass is 10.2. The SMILES string of the molecule is NCCN(CCNC(=O)OCc1ccccc1)c1ccc(NC[C@@H](O)CNO)cc1F. The van der Waals surface area contributed by atoms with E-state index in [1.807, 2.05) is 35.8 Å². The first-order valence-corrected chi connectivity index (χ1v) is 10.0. The fraction of sp³-hybridized carbons (Fsp3) is 0.381. The van der Waals surface area contributed by atoms with Gasteiger partial charge in [0, 0.05) is 45.0 Å². The summed E-state index contributed by atoms with van der Waals surface area (Å²) < 4.78 is 19.8. The summed E-state index contributed by atoms with van der Waals surface area (Å²) in [6, 6.07) is 14.0. The molecule has 170 valence electrons. The lowest BCUT2D eigenvalue weighted by Crippen LogP contribution is -2.38. The van der Waals surface area contributed by atoms with Crippen LogP contribution in [0.1, 0.15) is 5.56 Å². The molecule has 0 unspecified atom stereocenters. The van der Waals surface area contributed by atoms with E-state index in [2.05, 4.69) is 10.6 Å². The van der Waals surface area contributed by atoms with Gasteiger partial charge in [-0.15, -0.1) is 0 Å². The number of amides is 1. The molecule has 1 amide bonds. The maximum Gasteiger partial charge on any atom is 0.407 e. The fourth-order valence-electron chi connectivity index (χ4n) is 2.86. The second kappa shape index (κ2) is 13.4. The quantitative estimate of drug-likeness (QED) is 0.259. The van der Waals surface area contributed by atoms with Crippen molar-refractivity contribution in [3.63, 3.8) is 0 Å². The number of carbonyl (C=O) groups is 1. The van der Waals surface area contributed by atoms with Crippen LogP contribution in [-0.2, 0) is 11.3 Å². The number of hydrogen-bond acceptors (Lipinski definition) is 8. The predicted molar refractivity (Wildman–Crippen MR) is 117 cm³/mol. The van der Waals surface area contributed by atoms with Crippen LogP contribution < -0.4 is 26.7 Å². The van der Waals surface area contributed by atoms with E-state index in [4.69, 9.17) is 15.7 Å². The summed E-state index contributed by atoms with van der Waals surface area (Å²) in [4.78, 5) is 13.6. The second-order valence-corrected chi connectivity index (χ2v) is 6.83. The summed E-state index contributed by atoms with van der Waals surface area (Å²) in [7, 11) is 0. The summed E-state index contributed by atoms with van der Waals surface area (Å²) in [5, 5.41) is 23.7. The molecule has 0 aliphatic heterocycles. The van der Waals surface area contributed by atoms with Crippen molar-refractivity contribution in [1.29, 1.82) is 0 Å². The number of carbonyl (C=O) groups excluding carboxylic acids is 1. The van der Waals surface area contributed by atoms with Crippen molar-refractivity contribution in [2.45, 2.75) is 12.7 Å². The number of anilines is 2. The first kappa shape index (κ1) is 24.4. The molecule has 0 saturated carbocycles. The van der Waals surface area contributed by atoms with Crippen molar-refractivity contribution in [3.05, 3.63) is 59.9 Å². The fourth-order valence-corrected chi connectivity index (χ4v) is 2.86. The molecule has 0 aliphatic rings. The number of hydroxylamine groups is 1. The topological polar surface area (TPSA) is 132 Å². The number of nitrogens with one attached hydrogen (secondary N) is 3. The van der Waals surface area contributed by atoms with E-state index in [0.29, 0.717) is 31.0 Å². The van der Waals surface area contributed by atoms with E-state index in [9.17, 15) is 14.3 Å². The minimum Gasteiger partial charge on any atom is -0.445 e. The van der Waals surface area contributed by atoms with Gasteiger partial charge in [0.05, 0.1) is 11.8 Å². The molecule has 0 heterocycles. The van der Waals surface area contributed by atoms with Gasteiger partial charge in [-0.1, -0.05) is 30.3 Å². The van der Waals surface area contributed by atoms with Crippen molar-refractivity contribution < 1.29 is 24.2 Å². The molecule has 0 bridgehead atoms. The molecular formula is C21H30FN5O4. The van der Waals surface area contributed by atoms with E-state index < -0.39 is 18.0 Å². The smallest absolute Gasteiger partial charge is 0.407 e. The molecule has 7 N–H and O–H groups in total.